The van der Waals surface area contributed by atoms with Crippen molar-refractivity contribution in [1.82, 2.24) is 0 Å². The van der Waals surface area contributed by atoms with E-state index in [1.165, 1.54) is 42.5 Å². The third-order valence-corrected chi connectivity index (χ3v) is 5.23. The lowest BCUT2D eigenvalue weighted by molar-refractivity contribution is -0.184. The Kier molecular flexibility index (Phi) is 6.20. The van der Waals surface area contributed by atoms with Crippen molar-refractivity contribution < 1.29 is 27.0 Å². The number of hydrogen-bond acceptors (Lipinski definition) is 2. The van der Waals surface area contributed by atoms with Crippen LogP contribution in [0.4, 0.5) is 17.6 Å². The van der Waals surface area contributed by atoms with Gasteiger partial charge in [-0.3, -0.25) is 0 Å². The number of rotatable bonds is 5. The molecule has 2 nitrogen and oxygen atoms in total. The molecule has 1 aliphatic rings. The predicted octanol–water partition coefficient (Wildman–Crippen LogP) is 6.74. The Balaban J connectivity index is 1.64. The van der Waals surface area contributed by atoms with Crippen LogP contribution >= 0.6 is 0 Å². The molecule has 1 aliphatic heterocycles. The second-order valence-electron chi connectivity index (χ2n) is 7.23. The Morgan fingerprint density at radius 2 is 1.29 bits per heavy atom. The maximum Gasteiger partial charge on any atom is 0.186 e. The number of halogens is 4. The molecule has 0 radical (unpaired) electrons. The van der Waals surface area contributed by atoms with Gasteiger partial charge >= 0.3 is 0 Å². The van der Waals surface area contributed by atoms with E-state index in [1.54, 1.807) is 12.1 Å². The minimum absolute atomic E-state index is 0.00901. The molecule has 0 saturated carbocycles. The summed E-state index contributed by atoms with van der Waals surface area (Å²) in [7, 11) is 0. The van der Waals surface area contributed by atoms with Gasteiger partial charge in [-0.2, -0.15) is 0 Å². The first-order valence-corrected chi connectivity index (χ1v) is 9.91. The van der Waals surface area contributed by atoms with Crippen molar-refractivity contribution in [3.8, 4) is 22.3 Å². The number of allylic oxidation sites excluding steroid dienone is 1. The molecule has 0 aromatic heterocycles. The first-order chi connectivity index (χ1) is 15.0. The van der Waals surface area contributed by atoms with E-state index in [0.717, 1.165) is 0 Å². The van der Waals surface area contributed by atoms with E-state index in [9.17, 15) is 17.6 Å². The summed E-state index contributed by atoms with van der Waals surface area (Å²) >= 11 is 0. The quantitative estimate of drug-likeness (QED) is 0.331. The zero-order valence-corrected chi connectivity index (χ0v) is 16.6. The average Bonchev–Trinajstić information content (AvgIpc) is 2.80. The molecule has 3 aromatic rings. The van der Waals surface area contributed by atoms with Crippen LogP contribution in [0.2, 0.25) is 0 Å². The van der Waals surface area contributed by atoms with Crippen LogP contribution in [0.15, 0.2) is 61.2 Å². The smallest absolute Gasteiger partial charge is 0.186 e. The highest BCUT2D eigenvalue weighted by Crippen LogP contribution is 2.33. The molecular formula is C25H20F4O2. The van der Waals surface area contributed by atoms with Gasteiger partial charge in [0, 0.05) is 16.7 Å². The van der Waals surface area contributed by atoms with E-state index in [1.807, 2.05) is 0 Å². The molecule has 3 aromatic carbocycles. The molecule has 0 bridgehead atoms. The molecule has 160 valence electrons. The monoisotopic (exact) mass is 428 g/mol. The first kappa shape index (κ1) is 21.3. The van der Waals surface area contributed by atoms with Gasteiger partial charge in [-0.1, -0.05) is 54.6 Å². The molecule has 0 aliphatic carbocycles. The van der Waals surface area contributed by atoms with Crippen molar-refractivity contribution in [2.24, 2.45) is 0 Å². The van der Waals surface area contributed by atoms with Gasteiger partial charge < -0.3 is 9.47 Å². The minimum atomic E-state index is -1.03. The minimum Gasteiger partial charge on any atom is -0.348 e. The number of benzene rings is 3. The number of hydrogen-bond donors (Lipinski definition) is 0. The van der Waals surface area contributed by atoms with E-state index >= 15 is 0 Å². The normalized spacial score (nSPS) is 14.6. The Morgan fingerprint density at radius 1 is 0.742 bits per heavy atom. The summed E-state index contributed by atoms with van der Waals surface area (Å²) in [6, 6.07) is 12.0. The van der Waals surface area contributed by atoms with E-state index < -0.39 is 29.6 Å². The molecule has 0 amide bonds. The van der Waals surface area contributed by atoms with Crippen LogP contribution in [-0.2, 0) is 15.9 Å². The largest absolute Gasteiger partial charge is 0.348 e. The predicted molar refractivity (Wildman–Crippen MR) is 110 cm³/mol. The van der Waals surface area contributed by atoms with Crippen molar-refractivity contribution in [2.75, 3.05) is 13.2 Å². The molecule has 31 heavy (non-hydrogen) atoms. The maximum absolute atomic E-state index is 14.8. The van der Waals surface area contributed by atoms with Crippen molar-refractivity contribution >= 4 is 0 Å². The summed E-state index contributed by atoms with van der Waals surface area (Å²) in [5.74, 6) is -3.92. The SMILES string of the molecule is C=CCc1ccc(-c2ccc(-c3ccc(C4OCCCO4)c(F)c3F)cc2)c(F)c1F. The lowest BCUT2D eigenvalue weighted by Gasteiger charge is -2.24. The highest BCUT2D eigenvalue weighted by molar-refractivity contribution is 5.71. The molecule has 4 rings (SSSR count). The van der Waals surface area contributed by atoms with Crippen LogP contribution in [0.1, 0.15) is 23.8 Å². The van der Waals surface area contributed by atoms with Crippen LogP contribution in [0, 0.1) is 23.3 Å². The lowest BCUT2D eigenvalue weighted by atomic mass is 9.97. The first-order valence-electron chi connectivity index (χ1n) is 9.91. The molecule has 1 fully saturated rings. The van der Waals surface area contributed by atoms with Gasteiger partial charge in [0.25, 0.3) is 0 Å². The second-order valence-corrected chi connectivity index (χ2v) is 7.23. The van der Waals surface area contributed by atoms with Gasteiger partial charge in [0.1, 0.15) is 0 Å². The summed E-state index contributed by atoms with van der Waals surface area (Å²) < 4.78 is 68.8. The van der Waals surface area contributed by atoms with E-state index in [2.05, 4.69) is 6.58 Å². The molecule has 0 atom stereocenters. The fourth-order valence-corrected chi connectivity index (χ4v) is 3.59. The van der Waals surface area contributed by atoms with Gasteiger partial charge in [-0.25, -0.2) is 17.6 Å². The summed E-state index contributed by atoms with van der Waals surface area (Å²) in [6.07, 6.45) is 1.49. The van der Waals surface area contributed by atoms with Crippen LogP contribution in [0.3, 0.4) is 0 Å². The standard InChI is InChI=1S/C25H20F4O2/c1-2-4-17-9-10-18(22(27)21(17)26)15-5-7-16(8-6-15)19-11-12-20(24(29)23(19)28)25-30-13-3-14-31-25/h2,5-12,25H,1,3-4,13-14H2. The molecule has 6 heteroatoms. The maximum atomic E-state index is 14.8. The topological polar surface area (TPSA) is 18.5 Å². The second kappa shape index (κ2) is 9.04. The Bertz CT molecular complexity index is 1100. The fraction of sp³-hybridized carbons (Fsp3) is 0.200. The van der Waals surface area contributed by atoms with Crippen LogP contribution in [0.5, 0.6) is 0 Å². The molecule has 0 N–H and O–H groups in total. The zero-order chi connectivity index (χ0) is 22.0. The Hall–Kier alpha value is -2.96. The van der Waals surface area contributed by atoms with Gasteiger partial charge in [-0.15, -0.1) is 6.58 Å². The summed E-state index contributed by atoms with van der Waals surface area (Å²) in [5.41, 5.74) is 1.20. The molecule has 1 heterocycles. The summed E-state index contributed by atoms with van der Waals surface area (Å²) in [4.78, 5) is 0. The van der Waals surface area contributed by atoms with E-state index in [4.69, 9.17) is 9.47 Å². The fourth-order valence-electron chi connectivity index (χ4n) is 3.59. The third-order valence-electron chi connectivity index (χ3n) is 5.23. The van der Waals surface area contributed by atoms with E-state index in [-0.39, 0.29) is 28.7 Å². The molecule has 0 spiro atoms. The van der Waals surface area contributed by atoms with Crippen LogP contribution < -0.4 is 0 Å². The van der Waals surface area contributed by atoms with Gasteiger partial charge in [-0.05, 0) is 29.5 Å². The van der Waals surface area contributed by atoms with Crippen LogP contribution in [-0.4, -0.2) is 13.2 Å². The molecule has 1 saturated heterocycles. The molecule has 0 unspecified atom stereocenters. The van der Waals surface area contributed by atoms with Gasteiger partial charge in [0.05, 0.1) is 13.2 Å². The van der Waals surface area contributed by atoms with E-state index in [0.29, 0.717) is 30.8 Å². The van der Waals surface area contributed by atoms with Crippen LogP contribution in [0.25, 0.3) is 22.3 Å². The van der Waals surface area contributed by atoms with Crippen molar-refractivity contribution in [2.45, 2.75) is 19.1 Å². The summed E-state index contributed by atoms with van der Waals surface area (Å²) in [6.45, 7) is 4.37. The lowest BCUT2D eigenvalue weighted by Crippen LogP contribution is -2.19. The van der Waals surface area contributed by atoms with Gasteiger partial charge in [0.2, 0.25) is 0 Å². The van der Waals surface area contributed by atoms with Crippen molar-refractivity contribution in [3.05, 3.63) is 95.6 Å². The Labute approximate surface area is 177 Å². The third kappa shape index (κ3) is 4.13. The Morgan fingerprint density at radius 3 is 1.87 bits per heavy atom. The van der Waals surface area contributed by atoms with Gasteiger partial charge in [0.15, 0.2) is 29.6 Å². The van der Waals surface area contributed by atoms with Crippen molar-refractivity contribution in [1.29, 1.82) is 0 Å². The summed E-state index contributed by atoms with van der Waals surface area (Å²) in [5, 5.41) is 0. The zero-order valence-electron chi connectivity index (χ0n) is 16.6. The average molecular weight is 428 g/mol. The molecular weight excluding hydrogens is 408 g/mol. The van der Waals surface area contributed by atoms with Crippen molar-refractivity contribution in [3.63, 3.8) is 0 Å². The highest BCUT2D eigenvalue weighted by atomic mass is 19.2. The number of ether oxygens (including phenoxy) is 2. The highest BCUT2D eigenvalue weighted by Gasteiger charge is 2.24.